The number of aryl methyl sites for hydroxylation is 1. The molecular weight excluding hydrogens is 330 g/mol. The molecule has 0 radical (unpaired) electrons. The van der Waals surface area contributed by atoms with Gasteiger partial charge in [0.2, 0.25) is 0 Å². The van der Waals surface area contributed by atoms with Crippen LogP contribution in [0, 0.1) is 6.92 Å². The van der Waals surface area contributed by atoms with Crippen LogP contribution in [0.4, 0.5) is 0 Å². The molecule has 122 valence electrons. The number of nitrogens with zero attached hydrogens (tertiary/aromatic N) is 4. The molecule has 1 aromatic carbocycles. The molecule has 3 aromatic rings. The average Bonchev–Trinajstić information content (AvgIpc) is 3.09. The summed E-state index contributed by atoms with van der Waals surface area (Å²) in [6.07, 6.45) is 7.31. The molecule has 24 heavy (non-hydrogen) atoms. The molecule has 3 rings (SSSR count). The highest BCUT2D eigenvalue weighted by Crippen LogP contribution is 2.11. The zero-order chi connectivity index (χ0) is 17.2. The number of sulfonamides is 1. The summed E-state index contributed by atoms with van der Waals surface area (Å²) in [5.41, 5.74) is 0.802. The summed E-state index contributed by atoms with van der Waals surface area (Å²) in [5, 5.41) is 0. The predicted molar refractivity (Wildman–Crippen MR) is 85.0 cm³/mol. The van der Waals surface area contributed by atoms with E-state index in [1.54, 1.807) is 29.1 Å². The molecule has 0 saturated carbocycles. The number of rotatable bonds is 4. The van der Waals surface area contributed by atoms with Crippen molar-refractivity contribution in [2.45, 2.75) is 11.8 Å². The Morgan fingerprint density at radius 1 is 1.12 bits per heavy atom. The van der Waals surface area contributed by atoms with Crippen molar-refractivity contribution in [3.8, 4) is 5.82 Å². The maximum Gasteiger partial charge on any atom is 0.285 e. The number of carbonyl (C=O) groups excluding carboxylic acids is 1. The minimum Gasteiger partial charge on any atom is -0.289 e. The first-order valence-corrected chi connectivity index (χ1v) is 8.38. The standard InChI is InChI=1S/C15H13N5O3S/c1-11-2-4-12(5-3-11)24(22,23)19-15(21)13-8-17-9-14(18-13)20-7-6-16-10-20/h2-10H,1H3,(H,19,21). The minimum absolute atomic E-state index is 0.000161. The van der Waals surface area contributed by atoms with Crippen LogP contribution in [0.15, 0.2) is 60.3 Å². The van der Waals surface area contributed by atoms with E-state index >= 15 is 0 Å². The molecule has 9 heteroatoms. The maximum atomic E-state index is 12.2. The molecule has 0 unspecified atom stereocenters. The summed E-state index contributed by atoms with van der Waals surface area (Å²) in [6.45, 7) is 1.84. The van der Waals surface area contributed by atoms with Gasteiger partial charge in [-0.25, -0.2) is 23.1 Å². The first-order valence-electron chi connectivity index (χ1n) is 6.90. The SMILES string of the molecule is Cc1ccc(S(=O)(=O)NC(=O)c2cncc(-n3ccnc3)n2)cc1. The Morgan fingerprint density at radius 2 is 1.88 bits per heavy atom. The van der Waals surface area contributed by atoms with Crippen LogP contribution in [0.5, 0.6) is 0 Å². The number of nitrogens with one attached hydrogen (secondary N) is 1. The van der Waals surface area contributed by atoms with Gasteiger partial charge in [-0.2, -0.15) is 0 Å². The summed E-state index contributed by atoms with van der Waals surface area (Å²) in [4.78, 5) is 24.1. The van der Waals surface area contributed by atoms with Gasteiger partial charge in [0.05, 0.1) is 17.3 Å². The van der Waals surface area contributed by atoms with E-state index in [0.717, 1.165) is 5.56 Å². The first kappa shape index (κ1) is 15.8. The second-order valence-electron chi connectivity index (χ2n) is 4.98. The number of aromatic nitrogens is 4. The number of amides is 1. The fraction of sp³-hybridized carbons (Fsp3) is 0.0667. The van der Waals surface area contributed by atoms with Crippen molar-refractivity contribution < 1.29 is 13.2 Å². The molecule has 0 atom stereocenters. The van der Waals surface area contributed by atoms with Crippen LogP contribution in [0.3, 0.4) is 0 Å². The second-order valence-corrected chi connectivity index (χ2v) is 6.66. The van der Waals surface area contributed by atoms with Gasteiger partial charge in [-0.05, 0) is 19.1 Å². The van der Waals surface area contributed by atoms with E-state index in [2.05, 4.69) is 15.0 Å². The Bertz CT molecular complexity index is 967. The van der Waals surface area contributed by atoms with Crippen molar-refractivity contribution in [3.63, 3.8) is 0 Å². The Balaban J connectivity index is 1.85. The van der Waals surface area contributed by atoms with E-state index in [9.17, 15) is 13.2 Å². The van der Waals surface area contributed by atoms with Gasteiger partial charge in [0.1, 0.15) is 12.0 Å². The number of hydrogen-bond acceptors (Lipinski definition) is 6. The lowest BCUT2D eigenvalue weighted by molar-refractivity contribution is 0.0976. The fourth-order valence-corrected chi connectivity index (χ4v) is 2.90. The lowest BCUT2D eigenvalue weighted by atomic mass is 10.2. The molecular formula is C15H13N5O3S. The van der Waals surface area contributed by atoms with Gasteiger partial charge in [0.15, 0.2) is 5.82 Å². The average molecular weight is 343 g/mol. The van der Waals surface area contributed by atoms with Crippen molar-refractivity contribution in [1.82, 2.24) is 24.2 Å². The van der Waals surface area contributed by atoms with Crippen LogP contribution in [0.25, 0.3) is 5.82 Å². The molecule has 2 aromatic heterocycles. The van der Waals surface area contributed by atoms with Crippen LogP contribution in [-0.2, 0) is 10.0 Å². The van der Waals surface area contributed by atoms with Gasteiger partial charge < -0.3 is 0 Å². The molecule has 2 heterocycles. The molecule has 1 N–H and O–H groups in total. The van der Waals surface area contributed by atoms with Gasteiger partial charge in [0.25, 0.3) is 15.9 Å². The van der Waals surface area contributed by atoms with Gasteiger partial charge in [0, 0.05) is 12.4 Å². The smallest absolute Gasteiger partial charge is 0.285 e. The summed E-state index contributed by atoms with van der Waals surface area (Å²) >= 11 is 0. The zero-order valence-electron chi connectivity index (χ0n) is 12.6. The molecule has 0 fully saturated rings. The molecule has 0 saturated heterocycles. The van der Waals surface area contributed by atoms with Gasteiger partial charge in [-0.3, -0.25) is 14.3 Å². The topological polar surface area (TPSA) is 107 Å². The van der Waals surface area contributed by atoms with E-state index in [0.29, 0.717) is 5.82 Å². The highest BCUT2D eigenvalue weighted by molar-refractivity contribution is 7.90. The van der Waals surface area contributed by atoms with Crippen LogP contribution < -0.4 is 4.72 Å². The van der Waals surface area contributed by atoms with Crippen molar-refractivity contribution in [2.24, 2.45) is 0 Å². The van der Waals surface area contributed by atoms with Crippen LogP contribution >= 0.6 is 0 Å². The maximum absolute atomic E-state index is 12.2. The monoisotopic (exact) mass is 343 g/mol. The van der Waals surface area contributed by atoms with E-state index in [-0.39, 0.29) is 10.6 Å². The summed E-state index contributed by atoms with van der Waals surface area (Å²) in [6, 6.07) is 6.16. The number of hydrogen-bond donors (Lipinski definition) is 1. The van der Waals surface area contributed by atoms with E-state index < -0.39 is 15.9 Å². The van der Waals surface area contributed by atoms with E-state index in [1.165, 1.54) is 30.9 Å². The van der Waals surface area contributed by atoms with Gasteiger partial charge in [-0.15, -0.1) is 0 Å². The fourth-order valence-electron chi connectivity index (χ4n) is 1.93. The van der Waals surface area contributed by atoms with Gasteiger partial charge >= 0.3 is 0 Å². The largest absolute Gasteiger partial charge is 0.289 e. The first-order chi connectivity index (χ1) is 11.5. The lowest BCUT2D eigenvalue weighted by Gasteiger charge is -2.07. The number of benzene rings is 1. The molecule has 0 bridgehead atoms. The quantitative estimate of drug-likeness (QED) is 0.760. The Kier molecular flexibility index (Phi) is 4.09. The zero-order valence-corrected chi connectivity index (χ0v) is 13.4. The van der Waals surface area contributed by atoms with E-state index in [1.807, 2.05) is 11.6 Å². The van der Waals surface area contributed by atoms with Crippen molar-refractivity contribution in [2.75, 3.05) is 0 Å². The van der Waals surface area contributed by atoms with Crippen molar-refractivity contribution in [3.05, 3.63) is 66.6 Å². The number of carbonyl (C=O) groups is 1. The van der Waals surface area contributed by atoms with Crippen LogP contribution in [0.2, 0.25) is 0 Å². The van der Waals surface area contributed by atoms with Crippen LogP contribution in [-0.4, -0.2) is 33.8 Å². The Labute approximate surface area is 138 Å². The summed E-state index contributed by atoms with van der Waals surface area (Å²) in [5.74, 6) is -0.502. The molecule has 0 spiro atoms. The third-order valence-corrected chi connectivity index (χ3v) is 4.53. The van der Waals surface area contributed by atoms with Crippen molar-refractivity contribution >= 4 is 15.9 Å². The highest BCUT2D eigenvalue weighted by atomic mass is 32.2. The molecule has 0 aliphatic rings. The highest BCUT2D eigenvalue weighted by Gasteiger charge is 2.20. The molecule has 0 aliphatic carbocycles. The third kappa shape index (κ3) is 3.30. The minimum atomic E-state index is -3.98. The lowest BCUT2D eigenvalue weighted by Crippen LogP contribution is -2.31. The third-order valence-electron chi connectivity index (χ3n) is 3.18. The summed E-state index contributed by atoms with van der Waals surface area (Å²) < 4.78 is 28.0. The molecule has 0 aliphatic heterocycles. The Hall–Kier alpha value is -3.07. The molecule has 8 nitrogen and oxygen atoms in total. The number of imidazole rings is 1. The van der Waals surface area contributed by atoms with E-state index in [4.69, 9.17) is 0 Å². The predicted octanol–water partition coefficient (Wildman–Crippen LogP) is 1.09. The summed E-state index contributed by atoms with van der Waals surface area (Å²) in [7, 11) is -3.98. The normalized spacial score (nSPS) is 11.2. The van der Waals surface area contributed by atoms with Gasteiger partial charge in [-0.1, -0.05) is 17.7 Å². The Morgan fingerprint density at radius 3 is 2.54 bits per heavy atom. The van der Waals surface area contributed by atoms with Crippen molar-refractivity contribution in [1.29, 1.82) is 0 Å². The van der Waals surface area contributed by atoms with Crippen LogP contribution in [0.1, 0.15) is 16.1 Å². The molecule has 1 amide bonds. The second kappa shape index (κ2) is 6.20.